The number of hydrogen-bond acceptors (Lipinski definition) is 3. The van der Waals surface area contributed by atoms with Crippen molar-refractivity contribution in [2.24, 2.45) is 5.92 Å². The summed E-state index contributed by atoms with van der Waals surface area (Å²) in [4.78, 5) is 23.0. The zero-order chi connectivity index (χ0) is 13.6. The normalized spacial score (nSPS) is 27.8. The maximum atomic E-state index is 11.8. The Morgan fingerprint density at radius 1 is 1.44 bits per heavy atom. The topological polar surface area (TPSA) is 75.6 Å². The Kier molecular flexibility index (Phi) is 5.59. The van der Waals surface area contributed by atoms with Crippen LogP contribution in [0.15, 0.2) is 0 Å². The van der Waals surface area contributed by atoms with Gasteiger partial charge in [0.2, 0.25) is 5.91 Å². The van der Waals surface area contributed by atoms with Gasteiger partial charge in [-0.25, -0.2) is 0 Å². The predicted molar refractivity (Wildman–Crippen MR) is 67.3 cm³/mol. The lowest BCUT2D eigenvalue weighted by atomic mass is 9.74. The molecule has 2 unspecified atom stereocenters. The lowest BCUT2D eigenvalue weighted by Crippen LogP contribution is -2.55. The molecule has 0 radical (unpaired) electrons. The van der Waals surface area contributed by atoms with Crippen molar-refractivity contribution in [1.29, 1.82) is 0 Å². The van der Waals surface area contributed by atoms with Crippen LogP contribution in [0, 0.1) is 5.92 Å². The van der Waals surface area contributed by atoms with Crippen molar-refractivity contribution in [2.75, 3.05) is 13.7 Å². The summed E-state index contributed by atoms with van der Waals surface area (Å²) in [5, 5.41) is 12.1. The SMILES string of the molecule is COCCCC(=O)NC1(C)CCCCC1C(=O)O. The molecule has 104 valence electrons. The van der Waals surface area contributed by atoms with Gasteiger partial charge in [0, 0.05) is 20.1 Å². The average Bonchev–Trinajstić information content (AvgIpc) is 2.28. The van der Waals surface area contributed by atoms with Gasteiger partial charge in [0.1, 0.15) is 0 Å². The summed E-state index contributed by atoms with van der Waals surface area (Å²) in [6, 6.07) is 0. The van der Waals surface area contributed by atoms with E-state index in [1.54, 1.807) is 7.11 Å². The van der Waals surface area contributed by atoms with Crippen molar-refractivity contribution in [3.8, 4) is 0 Å². The molecule has 0 saturated heterocycles. The van der Waals surface area contributed by atoms with Gasteiger partial charge in [-0.3, -0.25) is 9.59 Å². The van der Waals surface area contributed by atoms with Crippen LogP contribution in [-0.2, 0) is 14.3 Å². The third-order valence-corrected chi connectivity index (χ3v) is 3.68. The minimum absolute atomic E-state index is 0.0808. The molecule has 2 atom stereocenters. The Balaban J connectivity index is 2.54. The molecular weight excluding hydrogens is 234 g/mol. The molecule has 1 fully saturated rings. The number of carboxylic acid groups (broad SMARTS) is 1. The highest BCUT2D eigenvalue weighted by atomic mass is 16.5. The van der Waals surface area contributed by atoms with Crippen molar-refractivity contribution in [3.63, 3.8) is 0 Å². The first-order valence-electron chi connectivity index (χ1n) is 6.52. The number of ether oxygens (including phenoxy) is 1. The van der Waals surface area contributed by atoms with Crippen molar-refractivity contribution in [3.05, 3.63) is 0 Å². The zero-order valence-corrected chi connectivity index (χ0v) is 11.2. The van der Waals surface area contributed by atoms with E-state index in [2.05, 4.69) is 5.32 Å². The molecule has 0 spiro atoms. The molecule has 0 bridgehead atoms. The molecule has 5 nitrogen and oxygen atoms in total. The summed E-state index contributed by atoms with van der Waals surface area (Å²) in [5.41, 5.74) is -0.603. The van der Waals surface area contributed by atoms with E-state index < -0.39 is 17.4 Å². The lowest BCUT2D eigenvalue weighted by Gasteiger charge is -2.39. The molecule has 1 amide bonds. The fourth-order valence-electron chi connectivity index (χ4n) is 2.64. The van der Waals surface area contributed by atoms with Crippen molar-refractivity contribution in [1.82, 2.24) is 5.32 Å². The molecule has 5 heteroatoms. The van der Waals surface area contributed by atoms with Gasteiger partial charge in [-0.15, -0.1) is 0 Å². The van der Waals surface area contributed by atoms with Crippen LogP contribution in [0.3, 0.4) is 0 Å². The number of nitrogens with one attached hydrogen (secondary N) is 1. The molecule has 2 N–H and O–H groups in total. The number of carbonyl (C=O) groups excluding carboxylic acids is 1. The molecule has 18 heavy (non-hydrogen) atoms. The first kappa shape index (κ1) is 15.0. The second kappa shape index (κ2) is 6.73. The highest BCUT2D eigenvalue weighted by Gasteiger charge is 2.41. The summed E-state index contributed by atoms with van der Waals surface area (Å²) < 4.78 is 4.89. The Bertz CT molecular complexity index is 305. The monoisotopic (exact) mass is 257 g/mol. The summed E-state index contributed by atoms with van der Waals surface area (Å²) in [6.07, 6.45) is 4.32. The first-order valence-corrected chi connectivity index (χ1v) is 6.52. The Morgan fingerprint density at radius 3 is 2.78 bits per heavy atom. The third kappa shape index (κ3) is 3.98. The highest BCUT2D eigenvalue weighted by Crippen LogP contribution is 2.33. The van der Waals surface area contributed by atoms with Gasteiger partial charge in [-0.1, -0.05) is 12.8 Å². The van der Waals surface area contributed by atoms with Gasteiger partial charge < -0.3 is 15.2 Å². The number of methoxy groups -OCH3 is 1. The van der Waals surface area contributed by atoms with E-state index in [1.165, 1.54) is 0 Å². The molecule has 0 aliphatic heterocycles. The molecule has 0 aromatic rings. The largest absolute Gasteiger partial charge is 0.481 e. The number of hydrogen-bond donors (Lipinski definition) is 2. The fourth-order valence-corrected chi connectivity index (χ4v) is 2.64. The summed E-state index contributed by atoms with van der Waals surface area (Å²) in [5.74, 6) is -1.37. The molecule has 1 aliphatic rings. The van der Waals surface area contributed by atoms with E-state index in [-0.39, 0.29) is 5.91 Å². The lowest BCUT2D eigenvalue weighted by molar-refractivity contribution is -0.146. The van der Waals surface area contributed by atoms with Crippen molar-refractivity contribution in [2.45, 2.75) is 51.0 Å². The van der Waals surface area contributed by atoms with E-state index in [0.717, 1.165) is 19.3 Å². The number of aliphatic carboxylic acids is 1. The molecule has 1 aliphatic carbocycles. The standard InChI is InChI=1S/C13H23NO4/c1-13(14-11(15)7-5-9-18-2)8-4-3-6-10(13)12(16)17/h10H,3-9H2,1-2H3,(H,14,15)(H,16,17). The first-order chi connectivity index (χ1) is 8.49. The number of carbonyl (C=O) groups is 2. The van der Waals surface area contributed by atoms with E-state index in [0.29, 0.717) is 25.9 Å². The van der Waals surface area contributed by atoms with Gasteiger partial charge >= 0.3 is 5.97 Å². The Morgan fingerprint density at radius 2 is 2.17 bits per heavy atom. The quantitative estimate of drug-likeness (QED) is 0.708. The van der Waals surface area contributed by atoms with Crippen LogP contribution in [0.5, 0.6) is 0 Å². The number of rotatable bonds is 6. The molecule has 0 heterocycles. The van der Waals surface area contributed by atoms with Crippen LogP contribution in [0.25, 0.3) is 0 Å². The van der Waals surface area contributed by atoms with Gasteiger partial charge in [-0.05, 0) is 26.2 Å². The molecular formula is C13H23NO4. The highest BCUT2D eigenvalue weighted by molar-refractivity contribution is 5.79. The van der Waals surface area contributed by atoms with Gasteiger partial charge in [-0.2, -0.15) is 0 Å². The van der Waals surface area contributed by atoms with Crippen LogP contribution in [0.2, 0.25) is 0 Å². The van der Waals surface area contributed by atoms with Crippen LogP contribution in [-0.4, -0.2) is 36.2 Å². The van der Waals surface area contributed by atoms with Crippen LogP contribution in [0.4, 0.5) is 0 Å². The van der Waals surface area contributed by atoms with E-state index in [4.69, 9.17) is 4.74 Å². The number of carboxylic acids is 1. The zero-order valence-electron chi connectivity index (χ0n) is 11.2. The molecule has 1 rings (SSSR count). The van der Waals surface area contributed by atoms with Crippen LogP contribution < -0.4 is 5.32 Å². The Hall–Kier alpha value is -1.10. The maximum Gasteiger partial charge on any atom is 0.308 e. The van der Waals surface area contributed by atoms with E-state index in [1.807, 2.05) is 6.92 Å². The van der Waals surface area contributed by atoms with Crippen molar-refractivity contribution < 1.29 is 19.4 Å². The number of amides is 1. The summed E-state index contributed by atoms with van der Waals surface area (Å²) in [7, 11) is 1.60. The maximum absolute atomic E-state index is 11.8. The van der Waals surface area contributed by atoms with Gasteiger partial charge in [0.15, 0.2) is 0 Å². The second-order valence-corrected chi connectivity index (χ2v) is 5.20. The molecule has 0 aromatic carbocycles. The van der Waals surface area contributed by atoms with Crippen LogP contribution in [0.1, 0.15) is 45.4 Å². The van der Waals surface area contributed by atoms with Crippen LogP contribution >= 0.6 is 0 Å². The predicted octanol–water partition coefficient (Wildman–Crippen LogP) is 1.56. The Labute approximate surface area is 108 Å². The minimum Gasteiger partial charge on any atom is -0.481 e. The minimum atomic E-state index is -0.811. The molecule has 0 aromatic heterocycles. The van der Waals surface area contributed by atoms with E-state index >= 15 is 0 Å². The fraction of sp³-hybridized carbons (Fsp3) is 0.846. The van der Waals surface area contributed by atoms with Gasteiger partial charge in [0.05, 0.1) is 11.5 Å². The smallest absolute Gasteiger partial charge is 0.308 e. The average molecular weight is 257 g/mol. The van der Waals surface area contributed by atoms with E-state index in [9.17, 15) is 14.7 Å². The van der Waals surface area contributed by atoms with Gasteiger partial charge in [0.25, 0.3) is 0 Å². The second-order valence-electron chi connectivity index (χ2n) is 5.20. The molecule has 1 saturated carbocycles. The summed E-state index contributed by atoms with van der Waals surface area (Å²) in [6.45, 7) is 2.39. The van der Waals surface area contributed by atoms with Crippen molar-refractivity contribution >= 4 is 11.9 Å². The summed E-state index contributed by atoms with van der Waals surface area (Å²) >= 11 is 0. The third-order valence-electron chi connectivity index (χ3n) is 3.68.